The Balaban J connectivity index is 2.09. The highest BCUT2D eigenvalue weighted by Crippen LogP contribution is 2.34. The van der Waals surface area contributed by atoms with Crippen LogP contribution in [0.1, 0.15) is 0 Å². The second-order valence-corrected chi connectivity index (χ2v) is 2.95. The Hall–Kier alpha value is -0.150. The van der Waals surface area contributed by atoms with Crippen molar-refractivity contribution in [3.8, 4) is 0 Å². The first-order valence-corrected chi connectivity index (χ1v) is 3.26. The highest BCUT2D eigenvalue weighted by atomic mass is 19.1. The van der Waals surface area contributed by atoms with Crippen molar-refractivity contribution < 1.29 is 9.13 Å². The van der Waals surface area contributed by atoms with Gasteiger partial charge in [0.25, 0.3) is 0 Å². The number of nitrogens with one attached hydrogen (secondary N) is 1. The molecule has 0 saturated carbocycles. The minimum atomic E-state index is -0.723. The molecule has 1 spiro atoms. The minimum Gasteiger partial charge on any atom is -0.378 e. The van der Waals surface area contributed by atoms with Gasteiger partial charge in [-0.2, -0.15) is 0 Å². The van der Waals surface area contributed by atoms with Crippen molar-refractivity contribution in [2.75, 3.05) is 26.3 Å². The Kier molecular flexibility index (Phi) is 1.04. The summed E-state index contributed by atoms with van der Waals surface area (Å²) in [5.74, 6) is 0. The summed E-state index contributed by atoms with van der Waals surface area (Å²) >= 11 is 0. The first kappa shape index (κ1) is 5.62. The van der Waals surface area contributed by atoms with E-state index in [9.17, 15) is 4.39 Å². The largest absolute Gasteiger partial charge is 0.378 e. The van der Waals surface area contributed by atoms with Crippen molar-refractivity contribution in [1.82, 2.24) is 5.32 Å². The van der Waals surface area contributed by atoms with Crippen LogP contribution >= 0.6 is 0 Å². The third-order valence-electron chi connectivity index (χ3n) is 2.27. The zero-order valence-electron chi connectivity index (χ0n) is 5.19. The van der Waals surface area contributed by atoms with E-state index in [0.717, 1.165) is 13.1 Å². The van der Waals surface area contributed by atoms with Crippen LogP contribution in [0.4, 0.5) is 4.39 Å². The van der Waals surface area contributed by atoms with Gasteiger partial charge in [0.05, 0.1) is 18.6 Å². The van der Waals surface area contributed by atoms with Crippen molar-refractivity contribution >= 4 is 0 Å². The summed E-state index contributed by atoms with van der Waals surface area (Å²) in [5, 5.41) is 3.05. The molecule has 3 heteroatoms. The fourth-order valence-corrected chi connectivity index (χ4v) is 1.40. The molecule has 2 aliphatic heterocycles. The second kappa shape index (κ2) is 1.67. The van der Waals surface area contributed by atoms with Gasteiger partial charge in [-0.15, -0.1) is 0 Å². The molecule has 2 nitrogen and oxygen atoms in total. The highest BCUT2D eigenvalue weighted by Gasteiger charge is 2.49. The molecule has 2 rings (SSSR count). The topological polar surface area (TPSA) is 21.3 Å². The highest BCUT2D eigenvalue weighted by molar-refractivity contribution is 5.00. The van der Waals surface area contributed by atoms with Gasteiger partial charge in [0.2, 0.25) is 0 Å². The van der Waals surface area contributed by atoms with Gasteiger partial charge in [-0.05, 0) is 0 Å². The molecule has 0 aliphatic carbocycles. The van der Waals surface area contributed by atoms with E-state index in [0.29, 0.717) is 13.2 Å². The number of halogens is 1. The summed E-state index contributed by atoms with van der Waals surface area (Å²) in [6.07, 6.45) is -0.723. The van der Waals surface area contributed by atoms with E-state index in [4.69, 9.17) is 4.74 Å². The molecule has 52 valence electrons. The van der Waals surface area contributed by atoms with Crippen LogP contribution in [0.15, 0.2) is 0 Å². The van der Waals surface area contributed by atoms with Crippen molar-refractivity contribution in [2.24, 2.45) is 5.41 Å². The average molecular weight is 131 g/mol. The zero-order chi connectivity index (χ0) is 6.32. The van der Waals surface area contributed by atoms with E-state index >= 15 is 0 Å². The molecule has 0 amide bonds. The third-order valence-corrected chi connectivity index (χ3v) is 2.27. The first-order valence-electron chi connectivity index (χ1n) is 3.26. The van der Waals surface area contributed by atoms with Gasteiger partial charge in [-0.1, -0.05) is 0 Å². The van der Waals surface area contributed by atoms with Gasteiger partial charge in [0, 0.05) is 13.1 Å². The van der Waals surface area contributed by atoms with Crippen LogP contribution in [0.2, 0.25) is 0 Å². The van der Waals surface area contributed by atoms with Crippen LogP contribution in [-0.4, -0.2) is 32.5 Å². The van der Waals surface area contributed by atoms with Gasteiger partial charge in [-0.3, -0.25) is 0 Å². The van der Waals surface area contributed by atoms with Crippen LogP contribution in [0, 0.1) is 5.41 Å². The molecule has 2 saturated heterocycles. The normalized spacial score (nSPS) is 39.0. The summed E-state index contributed by atoms with van der Waals surface area (Å²) in [6, 6.07) is 0. The lowest BCUT2D eigenvalue weighted by Gasteiger charge is -2.39. The summed E-state index contributed by atoms with van der Waals surface area (Å²) in [5.41, 5.74) is -0.125. The molecule has 1 atom stereocenters. The number of hydrogen-bond donors (Lipinski definition) is 1. The fraction of sp³-hybridized carbons (Fsp3) is 1.00. The number of ether oxygens (including phenoxy) is 1. The molecule has 2 fully saturated rings. The molecule has 2 heterocycles. The minimum absolute atomic E-state index is 0.125. The lowest BCUT2D eigenvalue weighted by atomic mass is 9.80. The van der Waals surface area contributed by atoms with Gasteiger partial charge < -0.3 is 10.1 Å². The van der Waals surface area contributed by atoms with Crippen LogP contribution in [0.5, 0.6) is 0 Å². The standard InChI is InChI=1S/C6H10FNO/c7-5-1-9-4-6(5)2-8-3-6/h5,8H,1-4H2. The van der Waals surface area contributed by atoms with E-state index in [1.54, 1.807) is 0 Å². The molecule has 0 aromatic rings. The Labute approximate surface area is 53.4 Å². The Bertz CT molecular complexity index is 124. The van der Waals surface area contributed by atoms with Crippen LogP contribution in [-0.2, 0) is 4.74 Å². The fourth-order valence-electron chi connectivity index (χ4n) is 1.40. The number of alkyl halides is 1. The van der Waals surface area contributed by atoms with Gasteiger partial charge in [0.15, 0.2) is 0 Å². The van der Waals surface area contributed by atoms with Crippen LogP contribution in [0.3, 0.4) is 0 Å². The lowest BCUT2D eigenvalue weighted by molar-refractivity contribution is 0.0802. The number of rotatable bonds is 0. The summed E-state index contributed by atoms with van der Waals surface area (Å²) in [7, 11) is 0. The average Bonchev–Trinajstić information content (AvgIpc) is 2.07. The Morgan fingerprint density at radius 2 is 2.33 bits per heavy atom. The van der Waals surface area contributed by atoms with E-state index in [1.807, 2.05) is 0 Å². The summed E-state index contributed by atoms with van der Waals surface area (Å²) in [6.45, 7) is 2.52. The van der Waals surface area contributed by atoms with E-state index in [1.165, 1.54) is 0 Å². The van der Waals surface area contributed by atoms with Crippen molar-refractivity contribution in [1.29, 1.82) is 0 Å². The van der Waals surface area contributed by atoms with E-state index < -0.39 is 6.17 Å². The monoisotopic (exact) mass is 131 g/mol. The first-order chi connectivity index (χ1) is 4.33. The lowest BCUT2D eigenvalue weighted by Crippen LogP contribution is -2.58. The van der Waals surface area contributed by atoms with Gasteiger partial charge in [-0.25, -0.2) is 4.39 Å². The zero-order valence-corrected chi connectivity index (χ0v) is 5.19. The van der Waals surface area contributed by atoms with Crippen LogP contribution in [0.25, 0.3) is 0 Å². The predicted molar refractivity (Wildman–Crippen MR) is 31.0 cm³/mol. The third kappa shape index (κ3) is 0.618. The van der Waals surface area contributed by atoms with Gasteiger partial charge in [0.1, 0.15) is 6.17 Å². The molecular formula is C6H10FNO. The Morgan fingerprint density at radius 3 is 2.56 bits per heavy atom. The SMILES string of the molecule is FC1COCC12CNC2. The second-order valence-electron chi connectivity index (χ2n) is 2.95. The summed E-state index contributed by atoms with van der Waals surface area (Å²) in [4.78, 5) is 0. The maximum atomic E-state index is 12.9. The molecule has 0 bridgehead atoms. The van der Waals surface area contributed by atoms with Crippen molar-refractivity contribution in [3.05, 3.63) is 0 Å². The molecule has 2 aliphatic rings. The van der Waals surface area contributed by atoms with Crippen molar-refractivity contribution in [3.63, 3.8) is 0 Å². The van der Waals surface area contributed by atoms with E-state index in [-0.39, 0.29) is 5.41 Å². The summed E-state index contributed by atoms with van der Waals surface area (Å²) < 4.78 is 17.9. The quantitative estimate of drug-likeness (QED) is 0.497. The Morgan fingerprint density at radius 1 is 1.56 bits per heavy atom. The molecular weight excluding hydrogens is 121 g/mol. The van der Waals surface area contributed by atoms with Crippen LogP contribution < -0.4 is 5.32 Å². The van der Waals surface area contributed by atoms with Gasteiger partial charge >= 0.3 is 0 Å². The van der Waals surface area contributed by atoms with E-state index in [2.05, 4.69) is 5.32 Å². The molecule has 0 aromatic carbocycles. The maximum Gasteiger partial charge on any atom is 0.134 e. The molecule has 0 aromatic heterocycles. The van der Waals surface area contributed by atoms with Crippen molar-refractivity contribution in [2.45, 2.75) is 6.17 Å². The predicted octanol–water partition coefficient (Wildman–Crippen LogP) is -0.0557. The molecule has 1 unspecified atom stereocenters. The number of hydrogen-bond acceptors (Lipinski definition) is 2. The maximum absolute atomic E-state index is 12.9. The molecule has 9 heavy (non-hydrogen) atoms. The molecule has 1 N–H and O–H groups in total. The molecule has 0 radical (unpaired) electrons. The smallest absolute Gasteiger partial charge is 0.134 e.